The van der Waals surface area contributed by atoms with Crippen LogP contribution < -0.4 is 15.5 Å². The van der Waals surface area contributed by atoms with Crippen molar-refractivity contribution in [2.45, 2.75) is 20.0 Å². The molecule has 1 fully saturated rings. The van der Waals surface area contributed by atoms with Gasteiger partial charge < -0.3 is 20.4 Å². The minimum atomic E-state index is 0. The minimum absolute atomic E-state index is 0. The van der Waals surface area contributed by atoms with E-state index in [1.54, 1.807) is 18.4 Å². The van der Waals surface area contributed by atoms with E-state index in [2.05, 4.69) is 55.4 Å². The number of guanidine groups is 1. The summed E-state index contributed by atoms with van der Waals surface area (Å²) >= 11 is 1.70. The van der Waals surface area contributed by atoms with Crippen LogP contribution in [0.3, 0.4) is 0 Å². The highest BCUT2D eigenvalue weighted by atomic mass is 127. The van der Waals surface area contributed by atoms with Crippen LogP contribution >= 0.6 is 35.3 Å². The Kier molecular flexibility index (Phi) is 8.71. The van der Waals surface area contributed by atoms with Crippen molar-refractivity contribution < 1.29 is 0 Å². The largest absolute Gasteiger partial charge is 0.354 e. The second-order valence-corrected chi connectivity index (χ2v) is 7.78. The Morgan fingerprint density at radius 2 is 1.93 bits per heavy atom. The van der Waals surface area contributed by atoms with Crippen LogP contribution in [0.4, 0.5) is 5.82 Å². The lowest BCUT2D eigenvalue weighted by molar-refractivity contribution is 0.312. The lowest BCUT2D eigenvalue weighted by Gasteiger charge is -2.33. The number of aliphatic imine (C=N–C) groups is 1. The second-order valence-electron chi connectivity index (χ2n) is 6.46. The summed E-state index contributed by atoms with van der Waals surface area (Å²) < 4.78 is 0. The third-order valence-corrected chi connectivity index (χ3v) is 5.31. The monoisotopic (exact) mass is 501 g/mol. The summed E-state index contributed by atoms with van der Waals surface area (Å²) in [5, 5.41) is 7.73. The van der Waals surface area contributed by atoms with Crippen LogP contribution in [0, 0.1) is 6.92 Å². The van der Waals surface area contributed by atoms with Crippen molar-refractivity contribution in [2.75, 3.05) is 45.2 Å². The molecular weight excluding hydrogens is 473 g/mol. The molecule has 3 rings (SSSR count). The van der Waals surface area contributed by atoms with Crippen molar-refractivity contribution in [1.29, 1.82) is 0 Å². The molecule has 27 heavy (non-hydrogen) atoms. The van der Waals surface area contributed by atoms with Crippen molar-refractivity contribution in [1.82, 2.24) is 25.5 Å². The quantitative estimate of drug-likeness (QED) is 0.372. The predicted octanol–water partition coefficient (Wildman–Crippen LogP) is 2.08. The van der Waals surface area contributed by atoms with Gasteiger partial charge in [0.2, 0.25) is 0 Å². The molecule has 2 aromatic rings. The number of rotatable bonds is 5. The van der Waals surface area contributed by atoms with Gasteiger partial charge in [-0.25, -0.2) is 9.97 Å². The smallest absolute Gasteiger partial charge is 0.191 e. The zero-order valence-electron chi connectivity index (χ0n) is 16.1. The highest BCUT2D eigenvalue weighted by Crippen LogP contribution is 2.15. The summed E-state index contributed by atoms with van der Waals surface area (Å²) in [6.45, 7) is 7.66. The summed E-state index contributed by atoms with van der Waals surface area (Å²) in [7, 11) is 3.95. The van der Waals surface area contributed by atoms with Gasteiger partial charge in [-0.1, -0.05) is 0 Å². The van der Waals surface area contributed by atoms with Gasteiger partial charge in [-0.15, -0.1) is 35.3 Å². The molecule has 9 heteroatoms. The highest BCUT2D eigenvalue weighted by Gasteiger charge is 2.15. The average molecular weight is 501 g/mol. The first-order chi connectivity index (χ1) is 12.6. The highest BCUT2D eigenvalue weighted by molar-refractivity contribution is 14.0. The van der Waals surface area contributed by atoms with E-state index in [1.807, 2.05) is 18.5 Å². The van der Waals surface area contributed by atoms with Crippen molar-refractivity contribution in [3.63, 3.8) is 0 Å². The molecule has 2 aromatic heterocycles. The van der Waals surface area contributed by atoms with Gasteiger partial charge >= 0.3 is 0 Å². The number of nitrogens with zero attached hydrogens (tertiary/aromatic N) is 5. The molecule has 3 heterocycles. The summed E-state index contributed by atoms with van der Waals surface area (Å²) in [5.74, 6) is 1.83. The molecule has 1 aliphatic rings. The fourth-order valence-corrected chi connectivity index (χ4v) is 3.55. The van der Waals surface area contributed by atoms with E-state index in [-0.39, 0.29) is 24.0 Å². The second kappa shape index (κ2) is 10.8. The van der Waals surface area contributed by atoms with Crippen LogP contribution in [0.1, 0.15) is 15.4 Å². The maximum Gasteiger partial charge on any atom is 0.191 e. The number of piperazine rings is 1. The standard InChI is InChI=1S/C18H27N7S.HI/c1-14-11-21-17(26-14)13-23-18(19-2)22-12-15-4-5-20-16(10-15)25-8-6-24(3)7-9-25;/h4-5,10-11H,6-9,12-13H2,1-3H3,(H2,19,22,23);1H. The SMILES string of the molecule is CN=C(NCc1ccnc(N2CCN(C)CC2)c1)NCc1ncc(C)s1.I. The molecule has 0 atom stereocenters. The van der Waals surface area contributed by atoms with E-state index >= 15 is 0 Å². The predicted molar refractivity (Wildman–Crippen MR) is 123 cm³/mol. The number of nitrogens with one attached hydrogen (secondary N) is 2. The zero-order chi connectivity index (χ0) is 18.4. The molecule has 0 unspecified atom stereocenters. The van der Waals surface area contributed by atoms with E-state index in [9.17, 15) is 0 Å². The fraction of sp³-hybridized carbons (Fsp3) is 0.500. The van der Waals surface area contributed by atoms with Crippen molar-refractivity contribution >= 4 is 47.1 Å². The van der Waals surface area contributed by atoms with Crippen LogP contribution in [-0.4, -0.2) is 61.1 Å². The number of halogens is 1. The van der Waals surface area contributed by atoms with Crippen LogP contribution in [-0.2, 0) is 13.1 Å². The van der Waals surface area contributed by atoms with Gasteiger partial charge in [0.05, 0.1) is 6.54 Å². The van der Waals surface area contributed by atoms with Crippen LogP contribution in [0.5, 0.6) is 0 Å². The summed E-state index contributed by atoms with van der Waals surface area (Å²) in [4.78, 5) is 19.1. The Hall–Kier alpha value is -1.46. The Morgan fingerprint density at radius 1 is 1.19 bits per heavy atom. The van der Waals surface area contributed by atoms with Crippen molar-refractivity contribution in [2.24, 2.45) is 4.99 Å². The average Bonchev–Trinajstić information content (AvgIpc) is 3.08. The van der Waals surface area contributed by atoms with E-state index in [0.717, 1.165) is 43.0 Å². The van der Waals surface area contributed by atoms with Crippen molar-refractivity contribution in [3.05, 3.63) is 40.0 Å². The van der Waals surface area contributed by atoms with E-state index in [4.69, 9.17) is 0 Å². The number of likely N-dealkylation sites (N-methyl/N-ethyl adjacent to an activating group) is 1. The fourth-order valence-electron chi connectivity index (χ4n) is 2.83. The molecule has 1 saturated heterocycles. The zero-order valence-corrected chi connectivity index (χ0v) is 19.3. The Balaban J connectivity index is 0.00000261. The number of thiazole rings is 1. The Morgan fingerprint density at radius 3 is 2.59 bits per heavy atom. The Labute approximate surface area is 182 Å². The molecule has 0 bridgehead atoms. The van der Waals surface area contributed by atoms with E-state index < -0.39 is 0 Å². The molecule has 0 amide bonds. The lowest BCUT2D eigenvalue weighted by Crippen LogP contribution is -2.44. The molecule has 0 spiro atoms. The number of aryl methyl sites for hydroxylation is 1. The molecule has 2 N–H and O–H groups in total. The minimum Gasteiger partial charge on any atom is -0.354 e. The first-order valence-electron chi connectivity index (χ1n) is 8.88. The maximum absolute atomic E-state index is 4.54. The topological polar surface area (TPSA) is 68.7 Å². The summed E-state index contributed by atoms with van der Waals surface area (Å²) in [6.07, 6.45) is 3.79. The van der Waals surface area contributed by atoms with Crippen LogP contribution in [0.25, 0.3) is 0 Å². The molecule has 0 aromatic carbocycles. The Bertz CT molecular complexity index is 741. The summed E-state index contributed by atoms with van der Waals surface area (Å²) in [6, 6.07) is 4.21. The number of hydrogen-bond acceptors (Lipinski definition) is 6. The van der Waals surface area contributed by atoms with Crippen molar-refractivity contribution in [3.8, 4) is 0 Å². The maximum atomic E-state index is 4.54. The van der Waals surface area contributed by atoms with Gasteiger partial charge in [-0.2, -0.15) is 0 Å². The third kappa shape index (κ3) is 6.58. The van der Waals surface area contributed by atoms with Crippen LogP contribution in [0.2, 0.25) is 0 Å². The third-order valence-electron chi connectivity index (χ3n) is 4.40. The lowest BCUT2D eigenvalue weighted by atomic mass is 10.2. The van der Waals surface area contributed by atoms with Gasteiger partial charge in [-0.05, 0) is 31.7 Å². The number of aromatic nitrogens is 2. The summed E-state index contributed by atoms with van der Waals surface area (Å²) in [5.41, 5.74) is 1.20. The molecule has 0 saturated carbocycles. The van der Waals surface area contributed by atoms with Gasteiger partial charge in [0, 0.05) is 57.0 Å². The van der Waals surface area contributed by atoms with Gasteiger partial charge in [0.25, 0.3) is 0 Å². The molecule has 0 radical (unpaired) electrons. The van der Waals surface area contributed by atoms with Gasteiger partial charge in [0.15, 0.2) is 5.96 Å². The van der Waals surface area contributed by atoms with E-state index in [0.29, 0.717) is 13.1 Å². The molecular formula is C18H28IN7S. The van der Waals surface area contributed by atoms with Crippen LogP contribution in [0.15, 0.2) is 29.5 Å². The number of hydrogen-bond donors (Lipinski definition) is 2. The number of pyridine rings is 1. The molecule has 148 valence electrons. The van der Waals surface area contributed by atoms with Gasteiger partial charge in [-0.3, -0.25) is 4.99 Å². The normalized spacial score (nSPS) is 15.4. The number of anilines is 1. The van der Waals surface area contributed by atoms with Gasteiger partial charge in [0.1, 0.15) is 10.8 Å². The molecule has 1 aliphatic heterocycles. The first-order valence-corrected chi connectivity index (χ1v) is 9.70. The van der Waals surface area contributed by atoms with E-state index in [1.165, 1.54) is 10.4 Å². The molecule has 7 nitrogen and oxygen atoms in total. The first kappa shape index (κ1) is 21.8. The molecule has 0 aliphatic carbocycles.